The Morgan fingerprint density at radius 3 is 2.48 bits per heavy atom. The monoisotopic (exact) mass is 455 g/mol. The minimum absolute atomic E-state index is 0. The summed E-state index contributed by atoms with van der Waals surface area (Å²) in [7, 11) is 0. The summed E-state index contributed by atoms with van der Waals surface area (Å²) in [6, 6.07) is 14.5. The van der Waals surface area contributed by atoms with E-state index in [1.165, 1.54) is 54.7 Å². The average molecular weight is 455 g/mol. The molecule has 0 aliphatic carbocycles. The van der Waals surface area contributed by atoms with Crippen LogP contribution >= 0.6 is 0 Å². The number of phenols is 1. The molecule has 10 heteroatoms. The first-order valence-corrected chi connectivity index (χ1v) is 9.26. The zero-order chi connectivity index (χ0) is 22.7. The Hall–Kier alpha value is -3.71. The molecule has 7 nitrogen and oxygen atoms in total. The van der Waals surface area contributed by atoms with Gasteiger partial charge in [-0.3, -0.25) is 4.98 Å². The van der Waals surface area contributed by atoms with E-state index < -0.39 is 17.7 Å². The first-order valence-electron chi connectivity index (χ1n) is 9.26. The van der Waals surface area contributed by atoms with Gasteiger partial charge in [0.1, 0.15) is 35.0 Å². The molecule has 1 radical (unpaired) electrons. The number of aromatic hydroxyl groups is 1. The number of hydrogen-bond donors (Lipinski definition) is 3. The van der Waals surface area contributed by atoms with E-state index in [-0.39, 0.29) is 52.3 Å². The van der Waals surface area contributed by atoms with Crippen molar-refractivity contribution in [2.24, 2.45) is 0 Å². The second-order valence-electron chi connectivity index (χ2n) is 6.64. The molecule has 3 N–H and O–H groups in total. The molecular weight excluding hydrogens is 441 g/mol. The van der Waals surface area contributed by atoms with Crippen LogP contribution in [0.25, 0.3) is 10.9 Å². The first-order chi connectivity index (χ1) is 15.4. The maximum atomic E-state index is 14.5. The summed E-state index contributed by atoms with van der Waals surface area (Å²) >= 11 is 0. The zero-order valence-electron chi connectivity index (χ0n) is 17.3. The van der Waals surface area contributed by atoms with Crippen LogP contribution in [0.3, 0.4) is 0 Å². The topological polar surface area (TPSA) is 107 Å². The van der Waals surface area contributed by atoms with Gasteiger partial charge in [-0.05, 0) is 48.5 Å². The molecule has 0 aliphatic rings. The quantitative estimate of drug-likeness (QED) is 0.369. The fourth-order valence-electron chi connectivity index (χ4n) is 2.94. The van der Waals surface area contributed by atoms with Gasteiger partial charge in [-0.15, -0.1) is 0 Å². The molecule has 0 bridgehead atoms. The Morgan fingerprint density at radius 1 is 1.03 bits per heavy atom. The Labute approximate surface area is 208 Å². The second kappa shape index (κ2) is 10.3. The van der Waals surface area contributed by atoms with Gasteiger partial charge in [0.25, 0.3) is 0 Å². The summed E-state index contributed by atoms with van der Waals surface area (Å²) in [4.78, 5) is 16.2. The number of nitriles is 1. The Kier molecular flexibility index (Phi) is 7.45. The van der Waals surface area contributed by atoms with Crippen molar-refractivity contribution in [1.82, 2.24) is 4.98 Å². The van der Waals surface area contributed by atoms with Crippen LogP contribution in [-0.4, -0.2) is 45.7 Å². The number of aromatic nitrogens is 1. The van der Waals surface area contributed by atoms with Crippen molar-refractivity contribution in [2.45, 2.75) is 0 Å². The summed E-state index contributed by atoms with van der Waals surface area (Å²) in [5.41, 5.74) is 0.702. The Bertz CT molecular complexity index is 1370. The van der Waals surface area contributed by atoms with Gasteiger partial charge in [0.05, 0.1) is 16.8 Å². The molecule has 0 atom stereocenters. The van der Waals surface area contributed by atoms with Crippen molar-refractivity contribution >= 4 is 57.9 Å². The van der Waals surface area contributed by atoms with Crippen LogP contribution in [0.15, 0.2) is 66.9 Å². The van der Waals surface area contributed by atoms with Gasteiger partial charge in [0, 0.05) is 59.0 Å². The number of anilines is 2. The first kappa shape index (κ1) is 23.9. The van der Waals surface area contributed by atoms with Crippen molar-refractivity contribution < 1.29 is 23.4 Å². The molecule has 33 heavy (non-hydrogen) atoms. The molecule has 1 heterocycles. The number of pyridine rings is 1. The van der Waals surface area contributed by atoms with E-state index in [1.807, 2.05) is 6.07 Å². The number of urea groups is 1. The maximum Gasteiger partial charge on any atom is 0.323 e. The average Bonchev–Trinajstić information content (AvgIpc) is 2.77. The van der Waals surface area contributed by atoms with Crippen LogP contribution in [0.4, 0.5) is 25.0 Å². The van der Waals surface area contributed by atoms with Gasteiger partial charge in [0.2, 0.25) is 0 Å². The number of fused-ring (bicyclic) bond motifs is 1. The summed E-state index contributed by atoms with van der Waals surface area (Å²) in [5.74, 6) is -0.942. The number of nitrogens with zero attached hydrogens (tertiary/aromatic N) is 2. The zero-order valence-corrected chi connectivity index (χ0v) is 19.3. The van der Waals surface area contributed by atoms with E-state index in [4.69, 9.17) is 10.00 Å². The smallest absolute Gasteiger partial charge is 0.323 e. The largest absolute Gasteiger partial charge is 0.506 e. The van der Waals surface area contributed by atoms with E-state index in [0.29, 0.717) is 22.3 Å². The van der Waals surface area contributed by atoms with Crippen molar-refractivity contribution in [1.29, 1.82) is 5.26 Å². The molecule has 4 rings (SSSR count). The van der Waals surface area contributed by atoms with Gasteiger partial charge >= 0.3 is 6.03 Å². The van der Waals surface area contributed by atoms with Gasteiger partial charge in [-0.1, -0.05) is 0 Å². The number of phenolic OH excluding ortho intramolecular Hbond substituents is 1. The van der Waals surface area contributed by atoms with Crippen LogP contribution in [0.5, 0.6) is 17.2 Å². The van der Waals surface area contributed by atoms with Crippen molar-refractivity contribution in [3.05, 3.63) is 84.1 Å². The molecule has 1 aromatic heterocycles. The number of rotatable bonds is 4. The van der Waals surface area contributed by atoms with Gasteiger partial charge < -0.3 is 20.5 Å². The van der Waals surface area contributed by atoms with Crippen molar-refractivity contribution in [2.75, 3.05) is 10.6 Å². The predicted octanol–water partition coefficient (Wildman–Crippen LogP) is 5.15. The molecular formula is C23H14F2N4NaO3. The molecule has 0 unspecified atom stereocenters. The number of amides is 2. The Morgan fingerprint density at radius 2 is 1.79 bits per heavy atom. The van der Waals surface area contributed by atoms with E-state index >= 15 is 0 Å². The number of hydrogen-bond acceptors (Lipinski definition) is 5. The summed E-state index contributed by atoms with van der Waals surface area (Å²) in [5, 5.41) is 24.2. The molecule has 2 amide bonds. The maximum absolute atomic E-state index is 14.5. The summed E-state index contributed by atoms with van der Waals surface area (Å²) in [6.07, 6.45) is 1.45. The van der Waals surface area contributed by atoms with Crippen LogP contribution in [0.1, 0.15) is 5.56 Å². The summed E-state index contributed by atoms with van der Waals surface area (Å²) in [6.45, 7) is 0. The number of carbonyl (C=O) groups excluding carboxylic acids is 1. The number of halogens is 2. The van der Waals surface area contributed by atoms with Crippen LogP contribution in [0.2, 0.25) is 0 Å². The van der Waals surface area contributed by atoms with Crippen molar-refractivity contribution in [3.63, 3.8) is 0 Å². The van der Waals surface area contributed by atoms with E-state index in [1.54, 1.807) is 6.07 Å². The number of carbonyl (C=O) groups is 1. The molecule has 0 saturated carbocycles. The van der Waals surface area contributed by atoms with E-state index in [2.05, 4.69) is 15.6 Å². The molecule has 3 aromatic carbocycles. The predicted molar refractivity (Wildman–Crippen MR) is 119 cm³/mol. The van der Waals surface area contributed by atoms with Crippen molar-refractivity contribution in [3.8, 4) is 23.3 Å². The fraction of sp³-hybridized carbons (Fsp3) is 0. The van der Waals surface area contributed by atoms with Crippen LogP contribution in [0, 0.1) is 23.0 Å². The standard InChI is InChI=1S/C23H14F2N4O3.Na/c24-14-1-3-15(4-2-14)28-23(31)29-19-6-5-16(10-18(19)25)32-22-7-8-27-20-11-21(30)13(12-26)9-17(20)22;/h1-11,30H,(H2,28,29,31);. The normalized spacial score (nSPS) is 10.1. The molecule has 0 spiro atoms. The molecule has 0 aliphatic heterocycles. The molecule has 0 saturated heterocycles. The SMILES string of the molecule is N#Cc1cc2c(Oc3ccc(NC(=O)Nc4ccc(F)cc4)c(F)c3)ccnc2cc1O.[Na]. The van der Waals surface area contributed by atoms with Gasteiger partial charge in [0.15, 0.2) is 0 Å². The molecule has 0 fully saturated rings. The fourth-order valence-corrected chi connectivity index (χ4v) is 2.94. The third kappa shape index (κ3) is 5.56. The van der Waals surface area contributed by atoms with Crippen LogP contribution in [-0.2, 0) is 0 Å². The van der Waals surface area contributed by atoms with E-state index in [9.17, 15) is 18.7 Å². The molecule has 159 valence electrons. The third-order valence-corrected chi connectivity index (χ3v) is 4.46. The Balaban J connectivity index is 0.00000306. The number of ether oxygens (including phenoxy) is 1. The second-order valence-corrected chi connectivity index (χ2v) is 6.64. The van der Waals surface area contributed by atoms with Crippen LogP contribution < -0.4 is 15.4 Å². The van der Waals surface area contributed by atoms with Gasteiger partial charge in [-0.25, -0.2) is 13.6 Å². The number of nitrogens with one attached hydrogen (secondary N) is 2. The summed E-state index contributed by atoms with van der Waals surface area (Å²) < 4.78 is 33.2. The number of benzene rings is 3. The minimum atomic E-state index is -0.745. The van der Waals surface area contributed by atoms with Gasteiger partial charge in [-0.2, -0.15) is 5.26 Å². The molecule has 4 aromatic rings. The third-order valence-electron chi connectivity index (χ3n) is 4.46. The minimum Gasteiger partial charge on any atom is -0.506 e. The van der Waals surface area contributed by atoms with E-state index in [0.717, 1.165) is 6.07 Å².